The van der Waals surface area contributed by atoms with E-state index in [0.29, 0.717) is 23.6 Å². The number of H-pyrrole nitrogens is 1. The van der Waals surface area contributed by atoms with Crippen LogP contribution in [0, 0.1) is 5.82 Å². The molecule has 7 heteroatoms. The summed E-state index contributed by atoms with van der Waals surface area (Å²) >= 11 is 0. The van der Waals surface area contributed by atoms with E-state index in [-0.39, 0.29) is 11.6 Å². The number of halogens is 1. The first-order valence-electron chi connectivity index (χ1n) is 8.47. The van der Waals surface area contributed by atoms with E-state index in [4.69, 9.17) is 4.74 Å². The first kappa shape index (κ1) is 16.7. The lowest BCUT2D eigenvalue weighted by Gasteiger charge is -2.13. The summed E-state index contributed by atoms with van der Waals surface area (Å²) in [4.78, 5) is 6.53. The number of aromatic amines is 1. The van der Waals surface area contributed by atoms with Crippen molar-refractivity contribution in [2.45, 2.75) is 25.7 Å². The molecule has 24 heavy (non-hydrogen) atoms. The van der Waals surface area contributed by atoms with Crippen LogP contribution in [-0.4, -0.2) is 53.4 Å². The van der Waals surface area contributed by atoms with Crippen molar-refractivity contribution in [3.63, 3.8) is 0 Å². The van der Waals surface area contributed by atoms with Gasteiger partial charge in [-0.05, 0) is 51.4 Å². The van der Waals surface area contributed by atoms with Gasteiger partial charge in [0.2, 0.25) is 0 Å². The van der Waals surface area contributed by atoms with Gasteiger partial charge in [-0.15, -0.1) is 0 Å². The van der Waals surface area contributed by atoms with E-state index in [1.165, 1.54) is 25.9 Å². The normalized spacial score (nSPS) is 14.9. The SMILES string of the molecule is COc1cncc(-c2[nH]nc(NCCCCN3CCCC3)c2F)c1. The third kappa shape index (κ3) is 4.03. The maximum atomic E-state index is 14.5. The van der Waals surface area contributed by atoms with Crippen LogP contribution in [-0.2, 0) is 0 Å². The fourth-order valence-corrected chi connectivity index (χ4v) is 2.98. The van der Waals surface area contributed by atoms with Crippen molar-refractivity contribution >= 4 is 5.82 Å². The van der Waals surface area contributed by atoms with E-state index in [1.807, 2.05) is 0 Å². The molecule has 0 saturated carbocycles. The highest BCUT2D eigenvalue weighted by Crippen LogP contribution is 2.26. The first-order chi connectivity index (χ1) is 11.8. The maximum absolute atomic E-state index is 14.5. The molecule has 0 spiro atoms. The minimum absolute atomic E-state index is 0.258. The highest BCUT2D eigenvalue weighted by molar-refractivity contribution is 5.64. The fourth-order valence-electron chi connectivity index (χ4n) is 2.98. The second-order valence-electron chi connectivity index (χ2n) is 6.06. The smallest absolute Gasteiger partial charge is 0.192 e. The molecule has 0 unspecified atom stereocenters. The van der Waals surface area contributed by atoms with E-state index in [9.17, 15) is 4.39 Å². The highest BCUT2D eigenvalue weighted by Gasteiger charge is 2.15. The van der Waals surface area contributed by atoms with E-state index in [1.54, 1.807) is 25.6 Å². The van der Waals surface area contributed by atoms with Crippen molar-refractivity contribution in [3.8, 4) is 17.0 Å². The highest BCUT2D eigenvalue weighted by atomic mass is 19.1. The predicted molar refractivity (Wildman–Crippen MR) is 91.7 cm³/mol. The van der Waals surface area contributed by atoms with Gasteiger partial charge in [-0.2, -0.15) is 5.10 Å². The van der Waals surface area contributed by atoms with Crippen molar-refractivity contribution in [2.75, 3.05) is 38.6 Å². The Kier molecular flexibility index (Phi) is 5.63. The molecule has 2 aromatic heterocycles. The Hall–Kier alpha value is -2.15. The third-order valence-electron chi connectivity index (χ3n) is 4.34. The number of likely N-dealkylation sites (tertiary alicyclic amines) is 1. The summed E-state index contributed by atoms with van der Waals surface area (Å²) < 4.78 is 19.6. The zero-order valence-electron chi connectivity index (χ0n) is 14.0. The Bertz CT molecular complexity index is 654. The summed E-state index contributed by atoms with van der Waals surface area (Å²) in [7, 11) is 1.55. The lowest BCUT2D eigenvalue weighted by atomic mass is 10.2. The van der Waals surface area contributed by atoms with E-state index < -0.39 is 0 Å². The fraction of sp³-hybridized carbons (Fsp3) is 0.529. The molecule has 3 heterocycles. The Morgan fingerprint density at radius 2 is 2.12 bits per heavy atom. The third-order valence-corrected chi connectivity index (χ3v) is 4.34. The lowest BCUT2D eigenvalue weighted by molar-refractivity contribution is 0.331. The van der Waals surface area contributed by atoms with Gasteiger partial charge >= 0.3 is 0 Å². The molecule has 6 nitrogen and oxygen atoms in total. The van der Waals surface area contributed by atoms with Crippen LogP contribution in [0.5, 0.6) is 5.75 Å². The number of anilines is 1. The molecule has 0 amide bonds. The van der Waals surface area contributed by atoms with Crippen LogP contribution in [0.15, 0.2) is 18.5 Å². The molecule has 0 aliphatic carbocycles. The number of unbranched alkanes of at least 4 members (excludes halogenated alkanes) is 1. The molecule has 130 valence electrons. The average molecular weight is 333 g/mol. The minimum Gasteiger partial charge on any atom is -0.495 e. The van der Waals surface area contributed by atoms with Crippen LogP contribution in [0.3, 0.4) is 0 Å². The van der Waals surface area contributed by atoms with Crippen molar-refractivity contribution < 1.29 is 9.13 Å². The second kappa shape index (κ2) is 8.10. The quantitative estimate of drug-likeness (QED) is 0.727. The van der Waals surface area contributed by atoms with Gasteiger partial charge in [0, 0.05) is 18.3 Å². The number of hydrogen-bond donors (Lipinski definition) is 2. The average Bonchev–Trinajstić information content (AvgIpc) is 3.25. The van der Waals surface area contributed by atoms with Gasteiger partial charge in [0.25, 0.3) is 0 Å². The molecule has 1 aliphatic heterocycles. The van der Waals surface area contributed by atoms with Gasteiger partial charge in [-0.1, -0.05) is 0 Å². The number of rotatable bonds is 8. The zero-order valence-corrected chi connectivity index (χ0v) is 14.0. The molecule has 0 bridgehead atoms. The van der Waals surface area contributed by atoms with Gasteiger partial charge < -0.3 is 15.0 Å². The Labute approximate surface area is 141 Å². The molecule has 2 N–H and O–H groups in total. The van der Waals surface area contributed by atoms with Crippen LogP contribution in [0.2, 0.25) is 0 Å². The Morgan fingerprint density at radius 1 is 1.29 bits per heavy atom. The predicted octanol–water partition coefficient (Wildman–Crippen LogP) is 2.91. The topological polar surface area (TPSA) is 66.1 Å². The van der Waals surface area contributed by atoms with Crippen LogP contribution < -0.4 is 10.1 Å². The van der Waals surface area contributed by atoms with Gasteiger partial charge in [0.15, 0.2) is 11.6 Å². The number of hydrogen-bond acceptors (Lipinski definition) is 5. The van der Waals surface area contributed by atoms with Crippen LogP contribution in [0.1, 0.15) is 25.7 Å². The zero-order chi connectivity index (χ0) is 16.8. The molecule has 0 radical (unpaired) electrons. The Morgan fingerprint density at radius 3 is 2.92 bits per heavy atom. The van der Waals surface area contributed by atoms with Crippen molar-refractivity contribution in [3.05, 3.63) is 24.3 Å². The molecular formula is C17H24FN5O. The van der Waals surface area contributed by atoms with Crippen LogP contribution in [0.25, 0.3) is 11.3 Å². The largest absolute Gasteiger partial charge is 0.495 e. The molecular weight excluding hydrogens is 309 g/mol. The van der Waals surface area contributed by atoms with Gasteiger partial charge in [-0.25, -0.2) is 4.39 Å². The van der Waals surface area contributed by atoms with Crippen LogP contribution >= 0.6 is 0 Å². The summed E-state index contributed by atoms with van der Waals surface area (Å²) in [5.41, 5.74) is 0.933. The maximum Gasteiger partial charge on any atom is 0.192 e. The van der Waals surface area contributed by atoms with Gasteiger partial charge in [0.1, 0.15) is 11.4 Å². The molecule has 2 aromatic rings. The van der Waals surface area contributed by atoms with E-state index in [2.05, 4.69) is 25.4 Å². The summed E-state index contributed by atoms with van der Waals surface area (Å²) in [6, 6.07) is 1.73. The number of nitrogens with one attached hydrogen (secondary N) is 2. The van der Waals surface area contributed by atoms with Crippen LogP contribution in [0.4, 0.5) is 10.2 Å². The number of methoxy groups -OCH3 is 1. The summed E-state index contributed by atoms with van der Waals surface area (Å²) in [6.45, 7) is 4.29. The van der Waals surface area contributed by atoms with Gasteiger partial charge in [-0.3, -0.25) is 10.1 Å². The van der Waals surface area contributed by atoms with Crippen molar-refractivity contribution in [1.29, 1.82) is 0 Å². The summed E-state index contributed by atoms with van der Waals surface area (Å²) in [6.07, 6.45) is 7.91. The molecule has 1 saturated heterocycles. The van der Waals surface area contributed by atoms with Crippen molar-refractivity contribution in [1.82, 2.24) is 20.1 Å². The minimum atomic E-state index is -0.385. The van der Waals surface area contributed by atoms with Crippen molar-refractivity contribution in [2.24, 2.45) is 0 Å². The lowest BCUT2D eigenvalue weighted by Crippen LogP contribution is -2.20. The molecule has 0 atom stereocenters. The molecule has 0 aromatic carbocycles. The van der Waals surface area contributed by atoms with E-state index in [0.717, 1.165) is 19.4 Å². The number of aromatic nitrogens is 3. The molecule has 3 rings (SSSR count). The number of pyridine rings is 1. The second-order valence-corrected chi connectivity index (χ2v) is 6.06. The Balaban J connectivity index is 1.50. The molecule has 1 fully saturated rings. The summed E-state index contributed by atoms with van der Waals surface area (Å²) in [5, 5.41) is 9.84. The monoisotopic (exact) mass is 333 g/mol. The standard InChI is InChI=1S/C17H24FN5O/c1-24-14-10-13(11-19-12-14)16-15(18)17(22-21-16)20-6-2-3-7-23-8-4-5-9-23/h10-12H,2-9H2,1H3,(H2,20,21,22). The van der Waals surface area contributed by atoms with Gasteiger partial charge in [0.05, 0.1) is 13.3 Å². The number of nitrogens with zero attached hydrogens (tertiary/aromatic N) is 3. The summed E-state index contributed by atoms with van der Waals surface area (Å²) in [5.74, 6) is 0.455. The van der Waals surface area contributed by atoms with E-state index >= 15 is 0 Å². The molecule has 1 aliphatic rings. The first-order valence-corrected chi connectivity index (χ1v) is 8.47. The number of ether oxygens (including phenoxy) is 1.